The van der Waals surface area contributed by atoms with Crippen LogP contribution in [-0.4, -0.2) is 29.1 Å². The predicted molar refractivity (Wildman–Crippen MR) is 71.7 cm³/mol. The fraction of sp³-hybridized carbons (Fsp3) is 0.929. The highest BCUT2D eigenvalue weighted by Crippen LogP contribution is 2.22. The zero-order valence-electron chi connectivity index (χ0n) is 12.0. The lowest BCUT2D eigenvalue weighted by Gasteiger charge is -2.31. The van der Waals surface area contributed by atoms with Crippen molar-refractivity contribution < 1.29 is 4.79 Å². The highest BCUT2D eigenvalue weighted by Gasteiger charge is 2.38. The zero-order chi connectivity index (χ0) is 13.0. The van der Waals surface area contributed by atoms with Gasteiger partial charge in [0.15, 0.2) is 0 Å². The van der Waals surface area contributed by atoms with Crippen LogP contribution in [0.5, 0.6) is 0 Å². The monoisotopic (exact) mass is 240 g/mol. The van der Waals surface area contributed by atoms with Gasteiger partial charge in [-0.2, -0.15) is 0 Å². The Kier molecular flexibility index (Phi) is 5.44. The number of nitrogens with one attached hydrogen (secondary N) is 1. The van der Waals surface area contributed by atoms with Gasteiger partial charge < -0.3 is 4.90 Å². The summed E-state index contributed by atoms with van der Waals surface area (Å²) in [5, 5.41) is 3.42. The van der Waals surface area contributed by atoms with E-state index in [0.717, 1.165) is 12.8 Å². The molecule has 0 aliphatic carbocycles. The van der Waals surface area contributed by atoms with Gasteiger partial charge in [-0.25, -0.2) is 0 Å². The highest BCUT2D eigenvalue weighted by molar-refractivity contribution is 5.84. The molecular weight excluding hydrogens is 212 g/mol. The number of hydrogen-bond donors (Lipinski definition) is 1. The largest absolute Gasteiger partial charge is 0.323 e. The van der Waals surface area contributed by atoms with E-state index in [1.54, 1.807) is 0 Å². The Balaban J connectivity index is 2.65. The first kappa shape index (κ1) is 14.5. The van der Waals surface area contributed by atoms with E-state index >= 15 is 0 Å². The summed E-state index contributed by atoms with van der Waals surface area (Å²) in [6, 6.07) is 0.353. The standard InChI is InChI=1S/C14H28N2O/c1-6-7-8-11(4)16-13(9-10(2)3)15-12(5)14(16)17/h10-13,15H,6-9H2,1-5H3. The van der Waals surface area contributed by atoms with Crippen molar-refractivity contribution in [2.24, 2.45) is 5.92 Å². The van der Waals surface area contributed by atoms with E-state index in [4.69, 9.17) is 0 Å². The molecule has 1 amide bonds. The topological polar surface area (TPSA) is 32.3 Å². The van der Waals surface area contributed by atoms with Crippen LogP contribution >= 0.6 is 0 Å². The van der Waals surface area contributed by atoms with Crippen LogP contribution in [0.3, 0.4) is 0 Å². The van der Waals surface area contributed by atoms with Gasteiger partial charge in [-0.15, -0.1) is 0 Å². The summed E-state index contributed by atoms with van der Waals surface area (Å²) in [5.41, 5.74) is 0. The van der Waals surface area contributed by atoms with Crippen molar-refractivity contribution in [3.05, 3.63) is 0 Å². The van der Waals surface area contributed by atoms with Crippen molar-refractivity contribution in [3.8, 4) is 0 Å². The van der Waals surface area contributed by atoms with Crippen molar-refractivity contribution in [3.63, 3.8) is 0 Å². The van der Waals surface area contributed by atoms with Crippen molar-refractivity contribution in [2.75, 3.05) is 0 Å². The van der Waals surface area contributed by atoms with Gasteiger partial charge in [-0.3, -0.25) is 10.1 Å². The summed E-state index contributed by atoms with van der Waals surface area (Å²) >= 11 is 0. The summed E-state index contributed by atoms with van der Waals surface area (Å²) < 4.78 is 0. The molecule has 1 saturated heterocycles. The minimum atomic E-state index is -0.0113. The molecular formula is C14H28N2O. The third-order valence-corrected chi connectivity index (χ3v) is 3.55. The van der Waals surface area contributed by atoms with Crippen LogP contribution in [0, 0.1) is 5.92 Å². The summed E-state index contributed by atoms with van der Waals surface area (Å²) in [6.45, 7) is 10.8. The van der Waals surface area contributed by atoms with Crippen LogP contribution in [0.25, 0.3) is 0 Å². The van der Waals surface area contributed by atoms with E-state index < -0.39 is 0 Å². The number of nitrogens with zero attached hydrogens (tertiary/aromatic N) is 1. The number of amides is 1. The van der Waals surface area contributed by atoms with Crippen molar-refractivity contribution in [2.45, 2.75) is 78.6 Å². The first-order valence-electron chi connectivity index (χ1n) is 7.05. The first-order valence-corrected chi connectivity index (χ1v) is 7.05. The van der Waals surface area contributed by atoms with Crippen molar-refractivity contribution >= 4 is 5.91 Å². The Morgan fingerprint density at radius 1 is 1.35 bits per heavy atom. The molecule has 1 aliphatic heterocycles. The maximum absolute atomic E-state index is 12.2. The normalized spacial score (nSPS) is 26.9. The quantitative estimate of drug-likeness (QED) is 0.774. The lowest BCUT2D eigenvalue weighted by molar-refractivity contribution is -0.132. The Morgan fingerprint density at radius 3 is 2.53 bits per heavy atom. The van der Waals surface area contributed by atoms with Crippen molar-refractivity contribution in [1.82, 2.24) is 10.2 Å². The molecule has 3 heteroatoms. The SMILES string of the molecule is CCCCC(C)N1C(=O)C(C)NC1CC(C)C. The second-order valence-corrected chi connectivity index (χ2v) is 5.77. The van der Waals surface area contributed by atoms with Gasteiger partial charge in [0.1, 0.15) is 0 Å². The number of hydrogen-bond acceptors (Lipinski definition) is 2. The summed E-state index contributed by atoms with van der Waals surface area (Å²) in [4.78, 5) is 14.2. The molecule has 0 aromatic rings. The molecule has 3 nitrogen and oxygen atoms in total. The second kappa shape index (κ2) is 6.39. The van der Waals surface area contributed by atoms with Gasteiger partial charge in [0, 0.05) is 6.04 Å². The number of carbonyl (C=O) groups excluding carboxylic acids is 1. The average molecular weight is 240 g/mol. The Hall–Kier alpha value is -0.570. The van der Waals surface area contributed by atoms with Crippen LogP contribution in [0.4, 0.5) is 0 Å². The van der Waals surface area contributed by atoms with Gasteiger partial charge in [0.25, 0.3) is 0 Å². The highest BCUT2D eigenvalue weighted by atomic mass is 16.2. The van der Waals surface area contributed by atoms with E-state index in [-0.39, 0.29) is 18.1 Å². The molecule has 1 fully saturated rings. The smallest absolute Gasteiger partial charge is 0.240 e. The zero-order valence-corrected chi connectivity index (χ0v) is 12.0. The van der Waals surface area contributed by atoms with Crippen LogP contribution in [0.15, 0.2) is 0 Å². The van der Waals surface area contributed by atoms with E-state index in [1.165, 1.54) is 12.8 Å². The molecule has 3 unspecified atom stereocenters. The molecule has 0 radical (unpaired) electrons. The minimum absolute atomic E-state index is 0.0113. The van der Waals surface area contributed by atoms with Gasteiger partial charge in [0.2, 0.25) is 5.91 Å². The third kappa shape index (κ3) is 3.70. The maximum atomic E-state index is 12.2. The Labute approximate surface area is 106 Å². The summed E-state index contributed by atoms with van der Waals surface area (Å²) in [7, 11) is 0. The van der Waals surface area contributed by atoms with Gasteiger partial charge >= 0.3 is 0 Å². The number of carbonyl (C=O) groups is 1. The van der Waals surface area contributed by atoms with Crippen LogP contribution in [0.1, 0.15) is 60.3 Å². The van der Waals surface area contributed by atoms with Crippen LogP contribution < -0.4 is 5.32 Å². The van der Waals surface area contributed by atoms with Crippen LogP contribution in [-0.2, 0) is 4.79 Å². The third-order valence-electron chi connectivity index (χ3n) is 3.55. The van der Waals surface area contributed by atoms with Gasteiger partial charge in [0.05, 0.1) is 12.2 Å². The molecule has 0 aromatic carbocycles. The van der Waals surface area contributed by atoms with E-state index in [2.05, 4.69) is 37.9 Å². The molecule has 100 valence electrons. The lowest BCUT2D eigenvalue weighted by Crippen LogP contribution is -2.44. The van der Waals surface area contributed by atoms with E-state index in [1.807, 2.05) is 6.92 Å². The van der Waals surface area contributed by atoms with Gasteiger partial charge in [-0.05, 0) is 32.6 Å². The molecule has 17 heavy (non-hydrogen) atoms. The fourth-order valence-electron chi connectivity index (χ4n) is 2.61. The molecule has 0 spiro atoms. The van der Waals surface area contributed by atoms with Gasteiger partial charge in [-0.1, -0.05) is 33.6 Å². The maximum Gasteiger partial charge on any atom is 0.240 e. The lowest BCUT2D eigenvalue weighted by atomic mass is 10.1. The molecule has 0 bridgehead atoms. The van der Waals surface area contributed by atoms with Crippen LogP contribution in [0.2, 0.25) is 0 Å². The molecule has 1 aliphatic rings. The first-order chi connectivity index (χ1) is 7.97. The second-order valence-electron chi connectivity index (χ2n) is 5.77. The minimum Gasteiger partial charge on any atom is -0.323 e. The number of unbranched alkanes of at least 4 members (excludes halogenated alkanes) is 1. The number of rotatable bonds is 6. The Bertz CT molecular complexity index is 253. The fourth-order valence-corrected chi connectivity index (χ4v) is 2.61. The molecule has 1 rings (SSSR count). The van der Waals surface area contributed by atoms with E-state index in [0.29, 0.717) is 12.0 Å². The van der Waals surface area contributed by atoms with E-state index in [9.17, 15) is 4.79 Å². The Morgan fingerprint density at radius 2 is 2.00 bits per heavy atom. The van der Waals surface area contributed by atoms with Crippen molar-refractivity contribution in [1.29, 1.82) is 0 Å². The summed E-state index contributed by atoms with van der Waals surface area (Å²) in [6.07, 6.45) is 4.81. The molecule has 0 saturated carbocycles. The predicted octanol–water partition coefficient (Wildman–Crippen LogP) is 2.76. The molecule has 0 aromatic heterocycles. The molecule has 1 heterocycles. The average Bonchev–Trinajstić information content (AvgIpc) is 2.50. The summed E-state index contributed by atoms with van der Waals surface area (Å²) in [5.74, 6) is 0.894. The molecule has 3 atom stereocenters. The molecule has 1 N–H and O–H groups in total.